The molecule has 0 aliphatic carbocycles. The maximum absolute atomic E-state index is 5.79. The molecule has 2 aromatic heterocycles. The van der Waals surface area contributed by atoms with E-state index in [4.69, 9.17) is 5.73 Å². The van der Waals surface area contributed by atoms with E-state index < -0.39 is 0 Å². The highest BCUT2D eigenvalue weighted by Crippen LogP contribution is 2.26. The van der Waals surface area contributed by atoms with Crippen LogP contribution in [0.2, 0.25) is 0 Å². The highest BCUT2D eigenvalue weighted by atomic mass is 15.1. The lowest BCUT2D eigenvalue weighted by atomic mass is 10.1. The van der Waals surface area contributed by atoms with E-state index in [2.05, 4.69) is 20.2 Å². The van der Waals surface area contributed by atoms with Crippen LogP contribution in [0.3, 0.4) is 0 Å². The predicted molar refractivity (Wildman–Crippen MR) is 65.0 cm³/mol. The van der Waals surface area contributed by atoms with Gasteiger partial charge in [0.15, 0.2) is 5.82 Å². The molecule has 2 heterocycles. The minimum atomic E-state index is 0.424. The molecular weight excluding hydrogens is 214 g/mol. The zero-order valence-electron chi connectivity index (χ0n) is 8.91. The van der Waals surface area contributed by atoms with Crippen molar-refractivity contribution in [2.45, 2.75) is 0 Å². The first-order valence-corrected chi connectivity index (χ1v) is 5.13. The molecule has 3 rings (SSSR count). The first-order valence-electron chi connectivity index (χ1n) is 5.13. The Kier molecular flexibility index (Phi) is 2.15. The number of benzene rings is 1. The fraction of sp³-hybridized carbons (Fsp3) is 0. The molecule has 0 aliphatic rings. The zero-order valence-corrected chi connectivity index (χ0v) is 8.91. The molecule has 0 radical (unpaired) electrons. The van der Waals surface area contributed by atoms with Gasteiger partial charge in [-0.2, -0.15) is 0 Å². The standard InChI is InChI=1S/C12H9N5/c13-12-9-4-2-1-3-8(9)11(16-17-12)10-7-14-5-6-15-10/h1-7H,(H2,13,17). The van der Waals surface area contributed by atoms with Gasteiger partial charge in [-0.05, 0) is 0 Å². The Morgan fingerprint density at radius 2 is 1.76 bits per heavy atom. The van der Waals surface area contributed by atoms with Crippen molar-refractivity contribution in [3.63, 3.8) is 0 Å². The van der Waals surface area contributed by atoms with Crippen molar-refractivity contribution in [3.8, 4) is 11.4 Å². The Bertz CT molecular complexity index is 666. The number of nitrogens with zero attached hydrogens (tertiary/aromatic N) is 4. The Hall–Kier alpha value is -2.56. The number of hydrogen-bond acceptors (Lipinski definition) is 5. The molecule has 5 nitrogen and oxygen atoms in total. The zero-order chi connectivity index (χ0) is 11.7. The van der Waals surface area contributed by atoms with Crippen LogP contribution in [0.25, 0.3) is 22.2 Å². The molecule has 0 spiro atoms. The van der Waals surface area contributed by atoms with Gasteiger partial charge in [0.25, 0.3) is 0 Å². The van der Waals surface area contributed by atoms with Crippen LogP contribution in [-0.2, 0) is 0 Å². The van der Waals surface area contributed by atoms with Crippen LogP contribution in [0, 0.1) is 0 Å². The molecule has 5 heteroatoms. The molecule has 0 saturated carbocycles. The quantitative estimate of drug-likeness (QED) is 0.679. The van der Waals surface area contributed by atoms with E-state index in [0.717, 1.165) is 10.8 Å². The lowest BCUT2D eigenvalue weighted by Gasteiger charge is -2.05. The van der Waals surface area contributed by atoms with Crippen molar-refractivity contribution in [2.75, 3.05) is 5.73 Å². The van der Waals surface area contributed by atoms with E-state index in [9.17, 15) is 0 Å². The Balaban J connectivity index is 2.35. The molecule has 3 aromatic rings. The summed E-state index contributed by atoms with van der Waals surface area (Å²) in [5.74, 6) is 0.424. The summed E-state index contributed by atoms with van der Waals surface area (Å²) in [5.41, 5.74) is 7.18. The molecule has 2 N–H and O–H groups in total. The summed E-state index contributed by atoms with van der Waals surface area (Å²) in [6.45, 7) is 0. The average Bonchev–Trinajstić information content (AvgIpc) is 2.41. The molecular formula is C12H9N5. The Morgan fingerprint density at radius 3 is 2.53 bits per heavy atom. The van der Waals surface area contributed by atoms with E-state index in [1.165, 1.54) is 0 Å². The van der Waals surface area contributed by atoms with Gasteiger partial charge in [-0.1, -0.05) is 24.3 Å². The molecule has 0 bridgehead atoms. The van der Waals surface area contributed by atoms with Gasteiger partial charge in [0.2, 0.25) is 0 Å². The van der Waals surface area contributed by atoms with Crippen LogP contribution in [0.5, 0.6) is 0 Å². The number of anilines is 1. The fourth-order valence-corrected chi connectivity index (χ4v) is 1.74. The third kappa shape index (κ3) is 1.57. The average molecular weight is 223 g/mol. The van der Waals surface area contributed by atoms with Gasteiger partial charge >= 0.3 is 0 Å². The second kappa shape index (κ2) is 3.79. The van der Waals surface area contributed by atoms with E-state index in [1.54, 1.807) is 18.6 Å². The van der Waals surface area contributed by atoms with E-state index in [-0.39, 0.29) is 0 Å². The molecule has 0 amide bonds. The van der Waals surface area contributed by atoms with Gasteiger partial charge in [-0.15, -0.1) is 10.2 Å². The minimum Gasteiger partial charge on any atom is -0.382 e. The van der Waals surface area contributed by atoms with Crippen LogP contribution < -0.4 is 5.73 Å². The maximum Gasteiger partial charge on any atom is 0.154 e. The summed E-state index contributed by atoms with van der Waals surface area (Å²) in [6.07, 6.45) is 4.91. The van der Waals surface area contributed by atoms with Gasteiger partial charge in [0, 0.05) is 23.2 Å². The van der Waals surface area contributed by atoms with Crippen LogP contribution in [-0.4, -0.2) is 20.2 Å². The van der Waals surface area contributed by atoms with E-state index in [1.807, 2.05) is 24.3 Å². The third-order valence-electron chi connectivity index (χ3n) is 2.52. The summed E-state index contributed by atoms with van der Waals surface area (Å²) >= 11 is 0. The van der Waals surface area contributed by atoms with Crippen molar-refractivity contribution in [2.24, 2.45) is 0 Å². The Labute approximate surface area is 97.4 Å². The monoisotopic (exact) mass is 223 g/mol. The predicted octanol–water partition coefficient (Wildman–Crippen LogP) is 1.67. The Morgan fingerprint density at radius 1 is 0.941 bits per heavy atom. The SMILES string of the molecule is Nc1nnc(-c2cnccn2)c2ccccc12. The lowest BCUT2D eigenvalue weighted by Crippen LogP contribution is -1.98. The summed E-state index contributed by atoms with van der Waals surface area (Å²) in [7, 11) is 0. The normalized spacial score (nSPS) is 10.6. The molecule has 1 aromatic carbocycles. The second-order valence-corrected chi connectivity index (χ2v) is 3.57. The summed E-state index contributed by atoms with van der Waals surface area (Å²) in [4.78, 5) is 8.25. The minimum absolute atomic E-state index is 0.424. The van der Waals surface area contributed by atoms with Crippen molar-refractivity contribution in [1.82, 2.24) is 20.2 Å². The maximum atomic E-state index is 5.79. The van der Waals surface area contributed by atoms with Gasteiger partial charge in [0.1, 0.15) is 11.4 Å². The van der Waals surface area contributed by atoms with Crippen molar-refractivity contribution < 1.29 is 0 Å². The molecule has 82 valence electrons. The van der Waals surface area contributed by atoms with Crippen molar-refractivity contribution >= 4 is 16.6 Å². The highest BCUT2D eigenvalue weighted by molar-refractivity contribution is 5.98. The summed E-state index contributed by atoms with van der Waals surface area (Å²) in [6, 6.07) is 7.72. The fourth-order valence-electron chi connectivity index (χ4n) is 1.74. The largest absolute Gasteiger partial charge is 0.382 e. The van der Waals surface area contributed by atoms with Crippen LogP contribution in [0.4, 0.5) is 5.82 Å². The van der Waals surface area contributed by atoms with Gasteiger partial charge in [0.05, 0.1) is 6.20 Å². The first-order chi connectivity index (χ1) is 8.36. The van der Waals surface area contributed by atoms with Gasteiger partial charge in [-0.3, -0.25) is 9.97 Å². The number of rotatable bonds is 1. The van der Waals surface area contributed by atoms with E-state index in [0.29, 0.717) is 17.2 Å². The molecule has 17 heavy (non-hydrogen) atoms. The number of fused-ring (bicyclic) bond motifs is 1. The van der Waals surface area contributed by atoms with Crippen LogP contribution in [0.15, 0.2) is 42.9 Å². The number of aromatic nitrogens is 4. The number of nitrogens with two attached hydrogens (primary N) is 1. The van der Waals surface area contributed by atoms with Crippen LogP contribution in [0.1, 0.15) is 0 Å². The van der Waals surface area contributed by atoms with Gasteiger partial charge < -0.3 is 5.73 Å². The molecule has 0 unspecified atom stereocenters. The molecule has 0 saturated heterocycles. The third-order valence-corrected chi connectivity index (χ3v) is 2.52. The van der Waals surface area contributed by atoms with Crippen molar-refractivity contribution in [3.05, 3.63) is 42.9 Å². The van der Waals surface area contributed by atoms with E-state index >= 15 is 0 Å². The summed E-state index contributed by atoms with van der Waals surface area (Å²) in [5, 5.41) is 9.85. The van der Waals surface area contributed by atoms with Gasteiger partial charge in [-0.25, -0.2) is 0 Å². The summed E-state index contributed by atoms with van der Waals surface area (Å²) < 4.78 is 0. The number of hydrogen-bond donors (Lipinski definition) is 1. The van der Waals surface area contributed by atoms with Crippen LogP contribution >= 0.6 is 0 Å². The highest BCUT2D eigenvalue weighted by Gasteiger charge is 2.09. The van der Waals surface area contributed by atoms with Crippen molar-refractivity contribution in [1.29, 1.82) is 0 Å². The lowest BCUT2D eigenvalue weighted by molar-refractivity contribution is 1.05. The molecule has 0 aliphatic heterocycles. The molecule has 0 fully saturated rings. The second-order valence-electron chi connectivity index (χ2n) is 3.57. The molecule has 0 atom stereocenters. The number of nitrogen functional groups attached to an aromatic ring is 1. The first kappa shape index (κ1) is 9.65. The smallest absolute Gasteiger partial charge is 0.154 e. The topological polar surface area (TPSA) is 77.6 Å².